The number of hydrogen-bond donors (Lipinski definition) is 2. The highest BCUT2D eigenvalue weighted by molar-refractivity contribution is 7.99. The molecule has 1 aromatic heterocycles. The number of likely N-dealkylation sites (N-methyl/N-ethyl adjacent to an activating group) is 1. The third-order valence-electron chi connectivity index (χ3n) is 3.94. The quantitative estimate of drug-likeness (QED) is 0.828. The maximum atomic E-state index is 11.6. The van der Waals surface area contributed by atoms with Gasteiger partial charge in [0.25, 0.3) is 5.91 Å². The third-order valence-corrected chi connectivity index (χ3v) is 6.15. The van der Waals surface area contributed by atoms with Gasteiger partial charge in [-0.2, -0.15) is 0 Å². The van der Waals surface area contributed by atoms with Crippen LogP contribution in [0.25, 0.3) is 0 Å². The Morgan fingerprint density at radius 3 is 2.76 bits per heavy atom. The van der Waals surface area contributed by atoms with Gasteiger partial charge in [0.05, 0.1) is 10.6 Å². The van der Waals surface area contributed by atoms with Gasteiger partial charge in [-0.05, 0) is 32.7 Å². The molecule has 118 valence electrons. The Bertz CT molecular complexity index is 517. The summed E-state index contributed by atoms with van der Waals surface area (Å²) >= 11 is 3.04. The molecule has 0 aliphatic carbocycles. The first-order chi connectivity index (χ1) is 9.99. The number of thioether (sulfide) groups is 1. The van der Waals surface area contributed by atoms with Gasteiger partial charge in [0.15, 0.2) is 0 Å². The van der Waals surface area contributed by atoms with Gasteiger partial charge in [0.1, 0.15) is 9.88 Å². The van der Waals surface area contributed by atoms with E-state index in [4.69, 9.17) is 11.5 Å². The summed E-state index contributed by atoms with van der Waals surface area (Å²) in [6.07, 6.45) is 4.18. The zero-order valence-electron chi connectivity index (χ0n) is 12.9. The van der Waals surface area contributed by atoms with Gasteiger partial charge in [-0.25, -0.2) is 0 Å². The lowest BCUT2D eigenvalue weighted by molar-refractivity contribution is 0.100. The molecule has 7 heteroatoms. The maximum Gasteiger partial charge on any atom is 0.261 e. The van der Waals surface area contributed by atoms with E-state index < -0.39 is 5.91 Å². The van der Waals surface area contributed by atoms with Crippen molar-refractivity contribution in [3.63, 3.8) is 0 Å². The van der Waals surface area contributed by atoms with Crippen molar-refractivity contribution in [2.75, 3.05) is 43.6 Å². The van der Waals surface area contributed by atoms with Gasteiger partial charge in [0.2, 0.25) is 0 Å². The predicted molar refractivity (Wildman–Crippen MR) is 92.6 cm³/mol. The highest BCUT2D eigenvalue weighted by Gasteiger charge is 2.28. The Balaban J connectivity index is 2.43. The number of nitrogen functional groups attached to an aromatic ring is 1. The number of rotatable bonds is 4. The van der Waals surface area contributed by atoms with Gasteiger partial charge in [0, 0.05) is 19.1 Å². The van der Waals surface area contributed by atoms with Crippen molar-refractivity contribution >= 4 is 39.7 Å². The Hall–Kier alpha value is -0.920. The molecule has 1 fully saturated rings. The molecule has 4 N–H and O–H groups in total. The van der Waals surface area contributed by atoms with E-state index in [2.05, 4.69) is 23.8 Å². The highest BCUT2D eigenvalue weighted by Crippen LogP contribution is 2.44. The first-order valence-electron chi connectivity index (χ1n) is 7.20. The summed E-state index contributed by atoms with van der Waals surface area (Å²) in [6.45, 7) is 5.34. The first-order valence-corrected chi connectivity index (χ1v) is 9.24. The van der Waals surface area contributed by atoms with Crippen molar-refractivity contribution in [3.8, 4) is 0 Å². The standard InChI is InChI=1S/C14H24N4OS2/c1-4-9-8-17(2)6-5-7-18(9)14-12(20-3)10(15)11(21-14)13(16)19/h9H,4-8,15H2,1-3H3,(H2,16,19). The van der Waals surface area contributed by atoms with Gasteiger partial charge in [-0.15, -0.1) is 23.1 Å². The molecule has 2 heterocycles. The lowest BCUT2D eigenvalue weighted by atomic mass is 10.2. The minimum absolute atomic E-state index is 0.431. The Labute approximate surface area is 134 Å². The molecule has 1 amide bonds. The van der Waals surface area contributed by atoms with Gasteiger partial charge in [-0.3, -0.25) is 4.79 Å². The molecule has 0 radical (unpaired) electrons. The van der Waals surface area contributed by atoms with Crippen LogP contribution in [0.3, 0.4) is 0 Å². The van der Waals surface area contributed by atoms with Crippen LogP contribution in [0.4, 0.5) is 10.7 Å². The summed E-state index contributed by atoms with van der Waals surface area (Å²) in [4.78, 5) is 17.9. The molecule has 1 aliphatic rings. The smallest absolute Gasteiger partial charge is 0.261 e. The normalized spacial score (nSPS) is 20.5. The molecule has 1 aromatic rings. The monoisotopic (exact) mass is 328 g/mol. The SMILES string of the molecule is CCC1CN(C)CCCN1c1sc(C(N)=O)c(N)c1SC. The number of primary amides is 1. The average Bonchev–Trinajstić information content (AvgIpc) is 2.65. The van der Waals surface area contributed by atoms with Gasteiger partial charge >= 0.3 is 0 Å². The molecule has 21 heavy (non-hydrogen) atoms. The van der Waals surface area contributed by atoms with Crippen LogP contribution in [0.2, 0.25) is 0 Å². The minimum Gasteiger partial charge on any atom is -0.396 e. The number of carbonyl (C=O) groups excluding carboxylic acids is 1. The molecule has 1 atom stereocenters. The second-order valence-electron chi connectivity index (χ2n) is 5.42. The van der Waals surface area contributed by atoms with Crippen molar-refractivity contribution in [3.05, 3.63) is 4.88 Å². The number of nitrogens with two attached hydrogens (primary N) is 2. The van der Waals surface area contributed by atoms with Crippen LogP contribution in [-0.2, 0) is 0 Å². The summed E-state index contributed by atoms with van der Waals surface area (Å²) in [5.74, 6) is -0.431. The van der Waals surface area contributed by atoms with Gasteiger partial charge < -0.3 is 21.3 Å². The van der Waals surface area contributed by atoms with Crippen LogP contribution in [0.5, 0.6) is 0 Å². The average molecular weight is 329 g/mol. The fourth-order valence-corrected chi connectivity index (χ4v) is 4.97. The predicted octanol–water partition coefficient (Wildman–Crippen LogP) is 2.07. The van der Waals surface area contributed by atoms with Crippen molar-refractivity contribution in [1.82, 2.24) is 4.90 Å². The van der Waals surface area contributed by atoms with Crippen LogP contribution in [-0.4, -0.2) is 49.8 Å². The largest absolute Gasteiger partial charge is 0.396 e. The summed E-state index contributed by atoms with van der Waals surface area (Å²) in [7, 11) is 2.17. The van der Waals surface area contributed by atoms with E-state index in [1.807, 2.05) is 6.26 Å². The molecule has 1 aliphatic heterocycles. The van der Waals surface area contributed by atoms with E-state index >= 15 is 0 Å². The molecule has 0 saturated carbocycles. The van der Waals surface area contributed by atoms with Crippen molar-refractivity contribution < 1.29 is 4.79 Å². The van der Waals surface area contributed by atoms with Crippen LogP contribution < -0.4 is 16.4 Å². The van der Waals surface area contributed by atoms with Crippen LogP contribution >= 0.6 is 23.1 Å². The zero-order valence-corrected chi connectivity index (χ0v) is 14.5. The molecular weight excluding hydrogens is 304 g/mol. The third kappa shape index (κ3) is 3.30. The number of hydrogen-bond acceptors (Lipinski definition) is 6. The van der Waals surface area contributed by atoms with Crippen LogP contribution in [0.15, 0.2) is 4.90 Å². The summed E-state index contributed by atoms with van der Waals surface area (Å²) in [6, 6.07) is 0.446. The van der Waals surface area contributed by atoms with Gasteiger partial charge in [-0.1, -0.05) is 6.92 Å². The maximum absolute atomic E-state index is 11.6. The van der Waals surface area contributed by atoms with Crippen molar-refractivity contribution in [2.45, 2.75) is 30.7 Å². The number of thiophene rings is 1. The summed E-state index contributed by atoms with van der Waals surface area (Å²) in [5.41, 5.74) is 12.1. The molecule has 0 aromatic carbocycles. The Morgan fingerprint density at radius 2 is 2.19 bits per heavy atom. The number of amides is 1. The van der Waals surface area contributed by atoms with Crippen molar-refractivity contribution in [2.24, 2.45) is 5.73 Å². The lowest BCUT2D eigenvalue weighted by Crippen LogP contribution is -2.39. The molecule has 0 bridgehead atoms. The molecule has 2 rings (SSSR count). The molecule has 1 unspecified atom stereocenters. The van der Waals surface area contributed by atoms with Crippen LogP contribution in [0.1, 0.15) is 29.4 Å². The first kappa shape index (κ1) is 16.5. The van der Waals surface area contributed by atoms with E-state index in [-0.39, 0.29) is 0 Å². The minimum atomic E-state index is -0.431. The van der Waals surface area contributed by atoms with Crippen molar-refractivity contribution in [1.29, 1.82) is 0 Å². The fourth-order valence-electron chi connectivity index (χ4n) is 2.85. The van der Waals surface area contributed by atoms with E-state index in [0.29, 0.717) is 16.6 Å². The van der Waals surface area contributed by atoms with Crippen LogP contribution in [0, 0.1) is 0 Å². The van der Waals surface area contributed by atoms with E-state index in [0.717, 1.165) is 42.4 Å². The Kier molecular flexibility index (Phi) is 5.40. The summed E-state index contributed by atoms with van der Waals surface area (Å²) in [5, 5.41) is 1.11. The lowest BCUT2D eigenvalue weighted by Gasteiger charge is -2.31. The molecule has 5 nitrogen and oxygen atoms in total. The number of anilines is 2. The molecule has 0 spiro atoms. The highest BCUT2D eigenvalue weighted by atomic mass is 32.2. The second kappa shape index (κ2) is 6.89. The molecule has 1 saturated heterocycles. The summed E-state index contributed by atoms with van der Waals surface area (Å²) < 4.78 is 0. The Morgan fingerprint density at radius 1 is 1.48 bits per heavy atom. The number of nitrogens with zero attached hydrogens (tertiary/aromatic N) is 2. The van der Waals surface area contributed by atoms with E-state index in [1.54, 1.807) is 11.8 Å². The van der Waals surface area contributed by atoms with E-state index in [9.17, 15) is 4.79 Å². The second-order valence-corrected chi connectivity index (χ2v) is 7.23. The number of carbonyl (C=O) groups is 1. The topological polar surface area (TPSA) is 75.6 Å². The fraction of sp³-hybridized carbons (Fsp3) is 0.643. The van der Waals surface area contributed by atoms with E-state index in [1.165, 1.54) is 11.3 Å². The molecular formula is C14H24N4OS2. The zero-order chi connectivity index (χ0) is 15.6.